The second kappa shape index (κ2) is 7.90. The molecule has 2 atom stereocenters. The van der Waals surface area contributed by atoms with Crippen LogP contribution in [0.5, 0.6) is 0 Å². The zero-order valence-electron chi connectivity index (χ0n) is 17.4. The fourth-order valence-corrected chi connectivity index (χ4v) is 3.98. The Morgan fingerprint density at radius 2 is 1.86 bits per heavy atom. The van der Waals surface area contributed by atoms with Crippen LogP contribution >= 0.6 is 0 Å². The van der Waals surface area contributed by atoms with E-state index in [0.717, 1.165) is 16.6 Å². The number of cyclic esters (lactones) is 1. The van der Waals surface area contributed by atoms with Crippen molar-refractivity contribution in [3.05, 3.63) is 65.5 Å². The fraction of sp³-hybridized carbons (Fsp3) is 0.391. The first-order valence-corrected chi connectivity index (χ1v) is 9.89. The third-order valence-corrected chi connectivity index (χ3v) is 5.70. The molecule has 1 heterocycles. The van der Waals surface area contributed by atoms with Gasteiger partial charge in [-0.25, -0.2) is 9.18 Å². The normalized spacial score (nSPS) is 20.7. The molecule has 2 aromatic rings. The van der Waals surface area contributed by atoms with E-state index in [1.54, 1.807) is 17.0 Å². The van der Waals surface area contributed by atoms with Crippen molar-refractivity contribution in [1.29, 1.82) is 5.26 Å². The van der Waals surface area contributed by atoms with Gasteiger partial charge in [0.15, 0.2) is 0 Å². The number of amides is 1. The number of carbonyl (C=O) groups excluding carboxylic acids is 1. The number of nitriles is 1. The van der Waals surface area contributed by atoms with Crippen LogP contribution in [0.2, 0.25) is 0 Å². The standard InChI is InChI=1S/C23H26BFN2O2/c1-16(17-4-8-19(24)9-5-17)27-13-12-23(29-21(27)28,14-22(2,3)15-26)18-6-10-20(25)11-7-18/h4-11,16H,12-14,24H2,1-3H3/t16-,23-/m0/s1. The van der Waals surface area contributed by atoms with Gasteiger partial charge in [-0.2, -0.15) is 5.26 Å². The van der Waals surface area contributed by atoms with Crippen LogP contribution in [0.4, 0.5) is 9.18 Å². The highest BCUT2D eigenvalue weighted by molar-refractivity contribution is 6.32. The van der Waals surface area contributed by atoms with E-state index in [1.807, 2.05) is 52.9 Å². The Labute approximate surface area is 172 Å². The van der Waals surface area contributed by atoms with E-state index in [9.17, 15) is 14.4 Å². The van der Waals surface area contributed by atoms with Gasteiger partial charge in [-0.1, -0.05) is 41.9 Å². The smallest absolute Gasteiger partial charge is 0.411 e. The molecule has 0 spiro atoms. The van der Waals surface area contributed by atoms with Crippen LogP contribution < -0.4 is 5.46 Å². The minimum absolute atomic E-state index is 0.127. The number of nitrogens with zero attached hydrogens (tertiary/aromatic N) is 2. The lowest BCUT2D eigenvalue weighted by Crippen LogP contribution is -2.50. The third-order valence-electron chi connectivity index (χ3n) is 5.70. The Morgan fingerprint density at radius 3 is 2.41 bits per heavy atom. The molecule has 1 aliphatic rings. The predicted molar refractivity (Wildman–Crippen MR) is 113 cm³/mol. The van der Waals surface area contributed by atoms with E-state index < -0.39 is 17.1 Å². The van der Waals surface area contributed by atoms with Crippen molar-refractivity contribution < 1.29 is 13.9 Å². The van der Waals surface area contributed by atoms with Crippen molar-refractivity contribution in [3.63, 3.8) is 0 Å². The average molecular weight is 392 g/mol. The summed E-state index contributed by atoms with van der Waals surface area (Å²) < 4.78 is 19.5. The summed E-state index contributed by atoms with van der Waals surface area (Å²) in [5.41, 5.74) is 1.28. The molecule has 0 saturated carbocycles. The Hall–Kier alpha value is -2.81. The summed E-state index contributed by atoms with van der Waals surface area (Å²) in [5, 5.41) is 9.55. The number of ether oxygens (including phenoxy) is 1. The van der Waals surface area contributed by atoms with Crippen LogP contribution in [0.3, 0.4) is 0 Å². The number of hydrogen-bond acceptors (Lipinski definition) is 3. The lowest BCUT2D eigenvalue weighted by Gasteiger charge is -2.45. The molecule has 1 aliphatic heterocycles. The van der Waals surface area contributed by atoms with E-state index >= 15 is 0 Å². The number of halogens is 1. The van der Waals surface area contributed by atoms with Crippen LogP contribution in [0.15, 0.2) is 48.5 Å². The molecule has 0 unspecified atom stereocenters. The summed E-state index contributed by atoms with van der Waals surface area (Å²) in [4.78, 5) is 14.8. The van der Waals surface area contributed by atoms with E-state index in [0.29, 0.717) is 19.4 Å². The van der Waals surface area contributed by atoms with Gasteiger partial charge in [0.2, 0.25) is 0 Å². The molecule has 1 amide bonds. The SMILES string of the molecule is Bc1ccc([C@H](C)N2CC[C@](CC(C)(C)C#N)(c3ccc(F)cc3)OC2=O)cc1. The number of carbonyl (C=O) groups is 1. The Kier molecular flexibility index (Phi) is 5.70. The number of hydrogen-bond donors (Lipinski definition) is 0. The Morgan fingerprint density at radius 1 is 1.24 bits per heavy atom. The largest absolute Gasteiger partial charge is 0.438 e. The van der Waals surface area contributed by atoms with Crippen LogP contribution in [0.1, 0.15) is 50.8 Å². The van der Waals surface area contributed by atoms with E-state index in [4.69, 9.17) is 4.74 Å². The maximum atomic E-state index is 13.5. The number of benzene rings is 2. The summed E-state index contributed by atoms with van der Waals surface area (Å²) in [6.07, 6.45) is 0.467. The molecule has 3 rings (SSSR count). The van der Waals surface area contributed by atoms with Gasteiger partial charge in [-0.15, -0.1) is 0 Å². The zero-order chi connectivity index (χ0) is 21.2. The van der Waals surface area contributed by atoms with E-state index in [1.165, 1.54) is 12.1 Å². The summed E-state index contributed by atoms with van der Waals surface area (Å²) in [6.45, 7) is 6.13. The summed E-state index contributed by atoms with van der Waals surface area (Å²) in [6, 6.07) is 16.3. The van der Waals surface area contributed by atoms with Crippen molar-refractivity contribution in [3.8, 4) is 6.07 Å². The lowest BCUT2D eigenvalue weighted by atomic mass is 9.75. The highest BCUT2D eigenvalue weighted by Gasteiger charge is 2.46. The van der Waals surface area contributed by atoms with Gasteiger partial charge in [0, 0.05) is 19.4 Å². The van der Waals surface area contributed by atoms with E-state index in [-0.39, 0.29) is 11.9 Å². The van der Waals surface area contributed by atoms with Crippen LogP contribution in [-0.2, 0) is 10.3 Å². The highest BCUT2D eigenvalue weighted by Crippen LogP contribution is 2.44. The van der Waals surface area contributed by atoms with Crippen molar-refractivity contribution in [2.24, 2.45) is 5.41 Å². The molecule has 6 heteroatoms. The van der Waals surface area contributed by atoms with Gasteiger partial charge in [-0.05, 0) is 44.0 Å². The molecule has 29 heavy (non-hydrogen) atoms. The van der Waals surface area contributed by atoms with Gasteiger partial charge in [0.05, 0.1) is 17.5 Å². The fourth-order valence-electron chi connectivity index (χ4n) is 3.98. The van der Waals surface area contributed by atoms with Gasteiger partial charge in [0.25, 0.3) is 0 Å². The molecular weight excluding hydrogens is 366 g/mol. The summed E-state index contributed by atoms with van der Waals surface area (Å²) in [5.74, 6) is -0.347. The van der Waals surface area contributed by atoms with Crippen molar-refractivity contribution >= 4 is 19.4 Å². The second-order valence-electron chi connectivity index (χ2n) is 8.57. The molecule has 1 saturated heterocycles. The molecule has 2 aromatic carbocycles. The molecule has 0 aromatic heterocycles. The van der Waals surface area contributed by atoms with Crippen LogP contribution in [0, 0.1) is 22.6 Å². The summed E-state index contributed by atoms with van der Waals surface area (Å²) >= 11 is 0. The van der Waals surface area contributed by atoms with E-state index in [2.05, 4.69) is 6.07 Å². The van der Waals surface area contributed by atoms with Crippen molar-refractivity contribution in [1.82, 2.24) is 4.90 Å². The second-order valence-corrected chi connectivity index (χ2v) is 8.57. The van der Waals surface area contributed by atoms with Gasteiger partial charge >= 0.3 is 6.09 Å². The van der Waals surface area contributed by atoms with Gasteiger partial charge in [-0.3, -0.25) is 0 Å². The third kappa shape index (κ3) is 4.45. The maximum Gasteiger partial charge on any atom is 0.411 e. The topological polar surface area (TPSA) is 53.3 Å². The Balaban J connectivity index is 1.89. The minimum Gasteiger partial charge on any atom is -0.438 e. The molecule has 0 aliphatic carbocycles. The molecular formula is C23H26BFN2O2. The van der Waals surface area contributed by atoms with Crippen molar-refractivity contribution in [2.45, 2.75) is 45.3 Å². The Bertz CT molecular complexity index is 921. The maximum absolute atomic E-state index is 13.5. The average Bonchev–Trinajstić information content (AvgIpc) is 2.68. The number of rotatable bonds is 5. The van der Waals surface area contributed by atoms with Crippen LogP contribution in [-0.4, -0.2) is 25.4 Å². The minimum atomic E-state index is -0.951. The summed E-state index contributed by atoms with van der Waals surface area (Å²) in [7, 11) is 2.03. The van der Waals surface area contributed by atoms with Gasteiger partial charge < -0.3 is 9.64 Å². The quantitative estimate of drug-likeness (QED) is 0.727. The first-order valence-electron chi connectivity index (χ1n) is 9.89. The zero-order valence-corrected chi connectivity index (χ0v) is 17.4. The molecule has 150 valence electrons. The first kappa shape index (κ1) is 20.9. The molecule has 0 radical (unpaired) electrons. The van der Waals surface area contributed by atoms with Gasteiger partial charge in [0.1, 0.15) is 19.3 Å². The predicted octanol–water partition coefficient (Wildman–Crippen LogP) is 3.82. The lowest BCUT2D eigenvalue weighted by molar-refractivity contribution is -0.0770. The molecule has 4 nitrogen and oxygen atoms in total. The molecule has 0 bridgehead atoms. The van der Waals surface area contributed by atoms with Crippen LogP contribution in [0.25, 0.3) is 0 Å². The van der Waals surface area contributed by atoms with Crippen molar-refractivity contribution in [2.75, 3.05) is 6.54 Å². The highest BCUT2D eigenvalue weighted by atomic mass is 19.1. The first-order chi connectivity index (χ1) is 13.7. The monoisotopic (exact) mass is 392 g/mol. The molecule has 1 fully saturated rings. The molecule has 0 N–H and O–H groups in total.